The second-order valence-corrected chi connectivity index (χ2v) is 4.10. The fourth-order valence-corrected chi connectivity index (χ4v) is 1.78. The van der Waals surface area contributed by atoms with Crippen LogP contribution in [0.1, 0.15) is 5.56 Å². The molecule has 0 fully saturated rings. The van der Waals surface area contributed by atoms with E-state index in [1.165, 1.54) is 12.1 Å². The first kappa shape index (κ1) is 11.0. The van der Waals surface area contributed by atoms with E-state index in [2.05, 4.69) is 0 Å². The summed E-state index contributed by atoms with van der Waals surface area (Å²) in [5, 5.41) is 0.487. The number of anilines is 1. The van der Waals surface area contributed by atoms with Crippen molar-refractivity contribution in [1.82, 2.24) is 0 Å². The number of hydrogen-bond acceptors (Lipinski definition) is 1. The number of benzene rings is 2. The smallest absolute Gasteiger partial charge is 0.123 e. The molecule has 0 bridgehead atoms. The summed E-state index contributed by atoms with van der Waals surface area (Å²) in [5.74, 6) is -0.256. The van der Waals surface area contributed by atoms with Crippen LogP contribution in [0.2, 0.25) is 5.02 Å². The second kappa shape index (κ2) is 4.14. The molecule has 0 unspecified atom stereocenters. The minimum absolute atomic E-state index is 0.256. The lowest BCUT2D eigenvalue weighted by atomic mass is 10.0. The first-order valence-electron chi connectivity index (χ1n) is 4.89. The van der Waals surface area contributed by atoms with Crippen molar-refractivity contribution >= 4 is 17.3 Å². The van der Waals surface area contributed by atoms with Crippen LogP contribution in [-0.2, 0) is 0 Å². The Kier molecular flexibility index (Phi) is 2.84. The van der Waals surface area contributed by atoms with Gasteiger partial charge in [0, 0.05) is 0 Å². The molecule has 0 amide bonds. The minimum Gasteiger partial charge on any atom is -0.398 e. The van der Waals surface area contributed by atoms with Crippen LogP contribution in [0.5, 0.6) is 0 Å². The summed E-state index contributed by atoms with van der Waals surface area (Å²) in [4.78, 5) is 0. The van der Waals surface area contributed by atoms with Crippen molar-refractivity contribution < 1.29 is 4.39 Å². The quantitative estimate of drug-likeness (QED) is 0.742. The average molecular weight is 236 g/mol. The Hall–Kier alpha value is -1.54. The van der Waals surface area contributed by atoms with E-state index in [0.29, 0.717) is 10.7 Å². The van der Waals surface area contributed by atoms with E-state index >= 15 is 0 Å². The molecule has 0 aliphatic carbocycles. The molecule has 0 aliphatic heterocycles. The van der Waals surface area contributed by atoms with E-state index < -0.39 is 0 Å². The zero-order chi connectivity index (χ0) is 11.7. The fraction of sp³-hybridized carbons (Fsp3) is 0.0769. The summed E-state index contributed by atoms with van der Waals surface area (Å²) in [6.07, 6.45) is 0. The number of aryl methyl sites for hydroxylation is 1. The van der Waals surface area contributed by atoms with E-state index in [4.69, 9.17) is 17.3 Å². The molecule has 2 aromatic carbocycles. The molecule has 1 nitrogen and oxygen atoms in total. The van der Waals surface area contributed by atoms with Crippen LogP contribution in [0.15, 0.2) is 36.4 Å². The summed E-state index contributed by atoms with van der Waals surface area (Å²) in [6.45, 7) is 1.93. The van der Waals surface area contributed by atoms with E-state index in [9.17, 15) is 4.39 Å². The van der Waals surface area contributed by atoms with Gasteiger partial charge in [-0.3, -0.25) is 0 Å². The number of nitrogen functional groups attached to an aromatic ring is 1. The Bertz CT molecular complexity index is 537. The Morgan fingerprint density at radius 1 is 1.12 bits per heavy atom. The predicted octanol–water partition coefficient (Wildman–Crippen LogP) is 4.04. The lowest BCUT2D eigenvalue weighted by Crippen LogP contribution is -1.89. The maximum absolute atomic E-state index is 13.2. The Labute approximate surface area is 98.7 Å². The van der Waals surface area contributed by atoms with Crippen LogP contribution in [0.4, 0.5) is 10.1 Å². The summed E-state index contributed by atoms with van der Waals surface area (Å²) in [5.41, 5.74) is 8.86. The Balaban J connectivity index is 2.58. The van der Waals surface area contributed by atoms with Crippen molar-refractivity contribution in [3.05, 3.63) is 52.8 Å². The molecule has 0 aromatic heterocycles. The zero-order valence-electron chi connectivity index (χ0n) is 8.80. The van der Waals surface area contributed by atoms with Gasteiger partial charge in [-0.25, -0.2) is 4.39 Å². The standard InChI is InChI=1S/C13H11ClFN/c1-8-2-4-10(15)7-11(8)9-3-5-13(16)12(14)6-9/h2-7H,16H2,1H3. The fourth-order valence-electron chi connectivity index (χ4n) is 1.60. The Morgan fingerprint density at radius 3 is 2.56 bits per heavy atom. The molecule has 2 N–H and O–H groups in total. The predicted molar refractivity (Wildman–Crippen MR) is 66.0 cm³/mol. The highest BCUT2D eigenvalue weighted by Crippen LogP contribution is 2.29. The molecule has 0 saturated heterocycles. The highest BCUT2D eigenvalue weighted by atomic mass is 35.5. The van der Waals surface area contributed by atoms with Gasteiger partial charge >= 0.3 is 0 Å². The van der Waals surface area contributed by atoms with Crippen molar-refractivity contribution in [1.29, 1.82) is 0 Å². The molecule has 2 aromatic rings. The molecule has 16 heavy (non-hydrogen) atoms. The van der Waals surface area contributed by atoms with E-state index in [0.717, 1.165) is 16.7 Å². The molecular formula is C13H11ClFN. The van der Waals surface area contributed by atoms with Crippen LogP contribution >= 0.6 is 11.6 Å². The van der Waals surface area contributed by atoms with Crippen molar-refractivity contribution in [3.8, 4) is 11.1 Å². The molecule has 0 saturated carbocycles. The lowest BCUT2D eigenvalue weighted by molar-refractivity contribution is 0.628. The molecule has 82 valence electrons. The van der Waals surface area contributed by atoms with Crippen LogP contribution in [0, 0.1) is 12.7 Å². The van der Waals surface area contributed by atoms with Crippen molar-refractivity contribution in [2.24, 2.45) is 0 Å². The monoisotopic (exact) mass is 235 g/mol. The number of nitrogens with two attached hydrogens (primary N) is 1. The normalized spacial score (nSPS) is 10.4. The van der Waals surface area contributed by atoms with Gasteiger partial charge in [0.2, 0.25) is 0 Å². The van der Waals surface area contributed by atoms with Gasteiger partial charge in [0.05, 0.1) is 10.7 Å². The third kappa shape index (κ3) is 2.02. The van der Waals surface area contributed by atoms with Crippen LogP contribution in [-0.4, -0.2) is 0 Å². The largest absolute Gasteiger partial charge is 0.398 e. The SMILES string of the molecule is Cc1ccc(F)cc1-c1ccc(N)c(Cl)c1. The number of rotatable bonds is 1. The second-order valence-electron chi connectivity index (χ2n) is 3.70. The van der Waals surface area contributed by atoms with Gasteiger partial charge in [-0.05, 0) is 47.9 Å². The highest BCUT2D eigenvalue weighted by Gasteiger charge is 2.05. The zero-order valence-corrected chi connectivity index (χ0v) is 9.55. The molecule has 0 spiro atoms. The Morgan fingerprint density at radius 2 is 1.88 bits per heavy atom. The summed E-state index contributed by atoms with van der Waals surface area (Å²) in [6, 6.07) is 9.99. The summed E-state index contributed by atoms with van der Waals surface area (Å²) in [7, 11) is 0. The highest BCUT2D eigenvalue weighted by molar-refractivity contribution is 6.33. The topological polar surface area (TPSA) is 26.0 Å². The number of hydrogen-bond donors (Lipinski definition) is 1. The van der Waals surface area contributed by atoms with Gasteiger partial charge in [-0.1, -0.05) is 23.7 Å². The van der Waals surface area contributed by atoms with Crippen LogP contribution in [0.25, 0.3) is 11.1 Å². The van der Waals surface area contributed by atoms with E-state index in [-0.39, 0.29) is 5.82 Å². The van der Waals surface area contributed by atoms with Gasteiger partial charge in [-0.2, -0.15) is 0 Å². The maximum atomic E-state index is 13.2. The van der Waals surface area contributed by atoms with Gasteiger partial charge in [0.25, 0.3) is 0 Å². The number of halogens is 2. The first-order valence-corrected chi connectivity index (χ1v) is 5.27. The summed E-state index contributed by atoms with van der Waals surface area (Å²) < 4.78 is 13.2. The molecule has 0 heterocycles. The molecule has 0 radical (unpaired) electrons. The van der Waals surface area contributed by atoms with Crippen molar-refractivity contribution in [2.45, 2.75) is 6.92 Å². The molecule has 0 atom stereocenters. The third-order valence-corrected chi connectivity index (χ3v) is 2.84. The van der Waals surface area contributed by atoms with Crippen LogP contribution < -0.4 is 5.73 Å². The van der Waals surface area contributed by atoms with Gasteiger partial charge in [-0.15, -0.1) is 0 Å². The van der Waals surface area contributed by atoms with Gasteiger partial charge < -0.3 is 5.73 Å². The molecular weight excluding hydrogens is 225 g/mol. The lowest BCUT2D eigenvalue weighted by Gasteiger charge is -2.07. The molecule has 2 rings (SSSR count). The van der Waals surface area contributed by atoms with Crippen molar-refractivity contribution in [3.63, 3.8) is 0 Å². The molecule has 3 heteroatoms. The van der Waals surface area contributed by atoms with Crippen molar-refractivity contribution in [2.75, 3.05) is 5.73 Å². The average Bonchev–Trinajstić information content (AvgIpc) is 2.26. The third-order valence-electron chi connectivity index (χ3n) is 2.51. The van der Waals surface area contributed by atoms with Gasteiger partial charge in [0.15, 0.2) is 0 Å². The van der Waals surface area contributed by atoms with E-state index in [1.807, 2.05) is 13.0 Å². The van der Waals surface area contributed by atoms with Gasteiger partial charge in [0.1, 0.15) is 5.82 Å². The van der Waals surface area contributed by atoms with E-state index in [1.54, 1.807) is 18.2 Å². The maximum Gasteiger partial charge on any atom is 0.123 e. The minimum atomic E-state index is -0.256. The molecule has 0 aliphatic rings. The first-order chi connectivity index (χ1) is 7.58. The summed E-state index contributed by atoms with van der Waals surface area (Å²) >= 11 is 5.94. The van der Waals surface area contributed by atoms with Crippen LogP contribution in [0.3, 0.4) is 0 Å².